The van der Waals surface area contributed by atoms with Crippen LogP contribution in [0.1, 0.15) is 25.0 Å². The van der Waals surface area contributed by atoms with E-state index in [0.29, 0.717) is 18.4 Å². The molecule has 0 aromatic carbocycles. The molecule has 0 saturated heterocycles. The third kappa shape index (κ3) is 4.46. The van der Waals surface area contributed by atoms with Gasteiger partial charge in [0, 0.05) is 19.5 Å². The standard InChI is InChI=1S/C13H22N6.HI/c1-9(2)6-15-13(14)16-7-11-4-5-12-18-17-10(3)19(12)8-11;/h11H,1,4-8H2,2-3H3,(H3,14,15,16);1H. The smallest absolute Gasteiger partial charge is 0.188 e. The number of guanidine groups is 1. The Morgan fingerprint density at radius 1 is 1.55 bits per heavy atom. The molecule has 0 radical (unpaired) electrons. The Labute approximate surface area is 137 Å². The molecule has 2 heterocycles. The summed E-state index contributed by atoms with van der Waals surface area (Å²) >= 11 is 0. The molecule has 1 aromatic heterocycles. The van der Waals surface area contributed by atoms with Crippen molar-refractivity contribution in [2.75, 3.05) is 13.1 Å². The summed E-state index contributed by atoms with van der Waals surface area (Å²) in [5, 5.41) is 11.5. The molecule has 2 rings (SSSR count). The zero-order valence-corrected chi connectivity index (χ0v) is 14.4. The summed E-state index contributed by atoms with van der Waals surface area (Å²) in [6.45, 7) is 10.1. The second-order valence-electron chi connectivity index (χ2n) is 5.22. The Morgan fingerprint density at radius 2 is 2.30 bits per heavy atom. The number of rotatable bonds is 4. The lowest BCUT2D eigenvalue weighted by Gasteiger charge is -2.24. The van der Waals surface area contributed by atoms with Gasteiger partial charge in [-0.1, -0.05) is 12.2 Å². The molecule has 0 bridgehead atoms. The van der Waals surface area contributed by atoms with E-state index in [1.54, 1.807) is 0 Å². The maximum atomic E-state index is 5.81. The lowest BCUT2D eigenvalue weighted by molar-refractivity contribution is 0.359. The van der Waals surface area contributed by atoms with Crippen molar-refractivity contribution in [3.05, 3.63) is 23.8 Å². The quantitative estimate of drug-likeness (QED) is 0.351. The Bertz CT molecular complexity index is 493. The van der Waals surface area contributed by atoms with Gasteiger partial charge in [-0.05, 0) is 26.2 Å². The van der Waals surface area contributed by atoms with Gasteiger partial charge in [0.1, 0.15) is 11.6 Å². The van der Waals surface area contributed by atoms with Crippen LogP contribution in [-0.4, -0.2) is 33.8 Å². The van der Waals surface area contributed by atoms with Crippen molar-refractivity contribution < 1.29 is 0 Å². The molecular weight excluding hydrogens is 367 g/mol. The molecule has 1 aromatic rings. The van der Waals surface area contributed by atoms with Crippen LogP contribution >= 0.6 is 24.0 Å². The third-order valence-corrected chi connectivity index (χ3v) is 3.32. The highest BCUT2D eigenvalue weighted by atomic mass is 127. The molecule has 0 spiro atoms. The number of fused-ring (bicyclic) bond motifs is 1. The fourth-order valence-electron chi connectivity index (χ4n) is 2.22. The Morgan fingerprint density at radius 3 is 3.00 bits per heavy atom. The number of hydrogen-bond donors (Lipinski definition) is 2. The number of aliphatic imine (C=N–C) groups is 1. The molecule has 0 saturated carbocycles. The maximum absolute atomic E-state index is 5.81. The summed E-state index contributed by atoms with van der Waals surface area (Å²) in [5.74, 6) is 3.12. The minimum atomic E-state index is 0. The van der Waals surface area contributed by atoms with Gasteiger partial charge in [0.25, 0.3) is 0 Å². The van der Waals surface area contributed by atoms with Gasteiger partial charge < -0.3 is 15.6 Å². The predicted molar refractivity (Wildman–Crippen MR) is 91.3 cm³/mol. The van der Waals surface area contributed by atoms with E-state index in [-0.39, 0.29) is 24.0 Å². The van der Waals surface area contributed by atoms with Crippen molar-refractivity contribution in [2.45, 2.75) is 33.2 Å². The topological polar surface area (TPSA) is 81.1 Å². The van der Waals surface area contributed by atoms with Crippen LogP contribution in [0.25, 0.3) is 0 Å². The minimum absolute atomic E-state index is 0. The highest BCUT2D eigenvalue weighted by Gasteiger charge is 2.21. The van der Waals surface area contributed by atoms with E-state index in [4.69, 9.17) is 5.73 Å². The average molecular weight is 390 g/mol. The van der Waals surface area contributed by atoms with Crippen LogP contribution in [0.3, 0.4) is 0 Å². The van der Waals surface area contributed by atoms with Crippen molar-refractivity contribution in [3.8, 4) is 0 Å². The fraction of sp³-hybridized carbons (Fsp3) is 0.615. The van der Waals surface area contributed by atoms with Crippen molar-refractivity contribution in [3.63, 3.8) is 0 Å². The van der Waals surface area contributed by atoms with E-state index >= 15 is 0 Å². The molecule has 0 aliphatic carbocycles. The van der Waals surface area contributed by atoms with Crippen LogP contribution in [0.4, 0.5) is 0 Å². The van der Waals surface area contributed by atoms with Crippen LogP contribution in [0.2, 0.25) is 0 Å². The monoisotopic (exact) mass is 390 g/mol. The molecule has 20 heavy (non-hydrogen) atoms. The van der Waals surface area contributed by atoms with E-state index in [0.717, 1.165) is 43.2 Å². The van der Waals surface area contributed by atoms with E-state index in [1.807, 2.05) is 13.8 Å². The number of nitrogens with one attached hydrogen (secondary N) is 1. The van der Waals surface area contributed by atoms with Crippen molar-refractivity contribution in [1.29, 1.82) is 0 Å². The first kappa shape index (κ1) is 16.9. The lowest BCUT2D eigenvalue weighted by Crippen LogP contribution is -2.38. The Hall–Kier alpha value is -1.12. The minimum Gasteiger partial charge on any atom is -0.370 e. The van der Waals surface area contributed by atoms with E-state index in [9.17, 15) is 0 Å². The molecule has 0 fully saturated rings. The summed E-state index contributed by atoms with van der Waals surface area (Å²) in [4.78, 5) is 4.21. The van der Waals surface area contributed by atoms with E-state index in [1.165, 1.54) is 0 Å². The Balaban J connectivity index is 0.00000200. The van der Waals surface area contributed by atoms with Crippen LogP contribution < -0.4 is 11.1 Å². The van der Waals surface area contributed by atoms with Crippen LogP contribution in [0, 0.1) is 12.8 Å². The fourth-order valence-corrected chi connectivity index (χ4v) is 2.22. The van der Waals surface area contributed by atoms with Gasteiger partial charge in [0.05, 0.1) is 6.54 Å². The molecule has 1 aliphatic rings. The van der Waals surface area contributed by atoms with Crippen molar-refractivity contribution in [1.82, 2.24) is 20.1 Å². The molecule has 3 N–H and O–H groups in total. The van der Waals surface area contributed by atoms with Gasteiger partial charge in [-0.25, -0.2) is 4.99 Å². The van der Waals surface area contributed by atoms with Crippen molar-refractivity contribution >= 4 is 29.9 Å². The van der Waals surface area contributed by atoms with E-state index in [2.05, 4.69) is 31.7 Å². The van der Waals surface area contributed by atoms with Crippen LogP contribution in [0.5, 0.6) is 0 Å². The molecule has 1 atom stereocenters. The summed E-state index contributed by atoms with van der Waals surface area (Å²) in [6, 6.07) is 0. The van der Waals surface area contributed by atoms with Crippen LogP contribution in [-0.2, 0) is 13.0 Å². The first-order valence-electron chi connectivity index (χ1n) is 6.63. The molecule has 112 valence electrons. The lowest BCUT2D eigenvalue weighted by atomic mass is 9.99. The zero-order chi connectivity index (χ0) is 13.8. The number of halogens is 1. The molecular formula is C13H23IN6. The molecule has 1 aliphatic heterocycles. The van der Waals surface area contributed by atoms with Gasteiger partial charge in [0.15, 0.2) is 5.96 Å². The highest BCUT2D eigenvalue weighted by molar-refractivity contribution is 14.0. The SMILES string of the molecule is C=C(C)CN=C(N)NCC1CCc2nnc(C)n2C1.I. The van der Waals surface area contributed by atoms with Gasteiger partial charge in [-0.2, -0.15) is 0 Å². The van der Waals surface area contributed by atoms with Gasteiger partial charge in [0.2, 0.25) is 0 Å². The number of nitrogens with two attached hydrogens (primary N) is 1. The predicted octanol–water partition coefficient (Wildman–Crippen LogP) is 1.25. The number of aromatic nitrogens is 3. The Kier molecular flexibility index (Phi) is 6.44. The maximum Gasteiger partial charge on any atom is 0.188 e. The average Bonchev–Trinajstić information content (AvgIpc) is 2.75. The summed E-state index contributed by atoms with van der Waals surface area (Å²) in [5.41, 5.74) is 6.82. The second kappa shape index (κ2) is 7.61. The molecule has 1 unspecified atom stereocenters. The molecule has 7 heteroatoms. The number of hydrogen-bond acceptors (Lipinski definition) is 3. The first-order valence-corrected chi connectivity index (χ1v) is 6.63. The van der Waals surface area contributed by atoms with Gasteiger partial charge >= 0.3 is 0 Å². The largest absolute Gasteiger partial charge is 0.370 e. The first-order chi connectivity index (χ1) is 9.06. The second-order valence-corrected chi connectivity index (χ2v) is 5.22. The van der Waals surface area contributed by atoms with Crippen LogP contribution in [0.15, 0.2) is 17.1 Å². The van der Waals surface area contributed by atoms with Crippen molar-refractivity contribution in [2.24, 2.45) is 16.6 Å². The summed E-state index contributed by atoms with van der Waals surface area (Å²) in [7, 11) is 0. The molecule has 0 amide bonds. The number of nitrogens with zero attached hydrogens (tertiary/aromatic N) is 4. The third-order valence-electron chi connectivity index (χ3n) is 3.32. The highest BCUT2D eigenvalue weighted by Crippen LogP contribution is 2.18. The normalized spacial score (nSPS) is 18.1. The zero-order valence-electron chi connectivity index (χ0n) is 12.1. The number of aryl methyl sites for hydroxylation is 2. The summed E-state index contributed by atoms with van der Waals surface area (Å²) < 4.78 is 2.19. The van der Waals surface area contributed by atoms with E-state index < -0.39 is 0 Å². The summed E-state index contributed by atoms with van der Waals surface area (Å²) in [6.07, 6.45) is 2.09. The molecule has 6 nitrogen and oxygen atoms in total. The van der Waals surface area contributed by atoms with Gasteiger partial charge in [-0.15, -0.1) is 34.2 Å². The van der Waals surface area contributed by atoms with Gasteiger partial charge in [-0.3, -0.25) is 0 Å².